The van der Waals surface area contributed by atoms with Gasteiger partial charge in [0, 0.05) is 6.92 Å². The highest BCUT2D eigenvalue weighted by Crippen LogP contribution is 2.34. The Kier molecular flexibility index (Phi) is 3.45. The van der Waals surface area contributed by atoms with Gasteiger partial charge in [0.15, 0.2) is 0 Å². The van der Waals surface area contributed by atoms with Gasteiger partial charge < -0.3 is 14.9 Å². The third-order valence-corrected chi connectivity index (χ3v) is 2.94. The number of hydrogen-bond donors (Lipinski definition) is 2. The maximum atomic E-state index is 10.9. The van der Waals surface area contributed by atoms with Gasteiger partial charge in [-0.25, -0.2) is 0 Å². The summed E-state index contributed by atoms with van der Waals surface area (Å²) in [6.07, 6.45) is 2.06. The minimum atomic E-state index is -1.06. The molecule has 1 aliphatic rings. The van der Waals surface area contributed by atoms with Crippen LogP contribution in [0, 0.1) is 0 Å². The van der Waals surface area contributed by atoms with Crippen LogP contribution in [0.1, 0.15) is 40.5 Å². The third-order valence-electron chi connectivity index (χ3n) is 2.94. The molecule has 0 amide bonds. The maximum absolute atomic E-state index is 10.9. The topological polar surface area (TPSA) is 66.8 Å². The van der Waals surface area contributed by atoms with E-state index in [0.29, 0.717) is 12.8 Å². The molecule has 16 heavy (non-hydrogen) atoms. The fraction of sp³-hybridized carbons (Fsp3) is 0.750. The molecule has 2 N–H and O–H groups in total. The number of carbonyl (C=O) groups is 1. The number of hydrogen-bond acceptors (Lipinski definition) is 4. The third kappa shape index (κ3) is 3.06. The van der Waals surface area contributed by atoms with Gasteiger partial charge in [-0.1, -0.05) is 0 Å². The monoisotopic (exact) mass is 228 g/mol. The first-order valence-electron chi connectivity index (χ1n) is 5.46. The highest BCUT2D eigenvalue weighted by Gasteiger charge is 2.39. The summed E-state index contributed by atoms with van der Waals surface area (Å²) in [5.41, 5.74) is -1.19. The van der Waals surface area contributed by atoms with E-state index in [1.54, 1.807) is 26.8 Å². The van der Waals surface area contributed by atoms with Crippen molar-refractivity contribution >= 4 is 5.97 Å². The minimum absolute atomic E-state index is 0.432. The highest BCUT2D eigenvalue weighted by atomic mass is 16.6. The van der Waals surface area contributed by atoms with Crippen molar-refractivity contribution in [3.05, 3.63) is 11.6 Å². The first-order valence-corrected chi connectivity index (χ1v) is 5.46. The van der Waals surface area contributed by atoms with Crippen LogP contribution in [0.5, 0.6) is 0 Å². The van der Waals surface area contributed by atoms with E-state index in [1.807, 2.05) is 0 Å². The molecule has 0 heterocycles. The summed E-state index contributed by atoms with van der Waals surface area (Å²) < 4.78 is 5.06. The number of ether oxygens (including phenoxy) is 1. The molecule has 0 bridgehead atoms. The molecule has 0 saturated carbocycles. The predicted octanol–water partition coefficient (Wildman–Crippen LogP) is 1.16. The van der Waals surface area contributed by atoms with E-state index in [-0.39, 0.29) is 0 Å². The summed E-state index contributed by atoms with van der Waals surface area (Å²) in [7, 11) is 0. The minimum Gasteiger partial charge on any atom is -0.455 e. The Morgan fingerprint density at radius 2 is 2.19 bits per heavy atom. The van der Waals surface area contributed by atoms with E-state index in [2.05, 4.69) is 0 Å². The lowest BCUT2D eigenvalue weighted by Crippen LogP contribution is -2.45. The van der Waals surface area contributed by atoms with Crippen LogP contribution in [0.2, 0.25) is 0 Å². The summed E-state index contributed by atoms with van der Waals surface area (Å²) in [5.74, 6) is -0.432. The normalized spacial score (nSPS) is 30.9. The van der Waals surface area contributed by atoms with Crippen molar-refractivity contribution in [1.82, 2.24) is 0 Å². The quantitative estimate of drug-likeness (QED) is 0.550. The molecular formula is C12H20O4. The van der Waals surface area contributed by atoms with E-state index in [9.17, 15) is 15.0 Å². The van der Waals surface area contributed by atoms with Gasteiger partial charge in [-0.05, 0) is 45.3 Å². The van der Waals surface area contributed by atoms with Gasteiger partial charge in [0.25, 0.3) is 0 Å². The molecule has 1 rings (SSSR count). The zero-order valence-electron chi connectivity index (χ0n) is 10.3. The summed E-state index contributed by atoms with van der Waals surface area (Å²) in [6.45, 7) is 6.31. The lowest BCUT2D eigenvalue weighted by molar-refractivity contribution is -0.157. The second kappa shape index (κ2) is 4.18. The van der Waals surface area contributed by atoms with Crippen LogP contribution in [0.4, 0.5) is 0 Å². The van der Waals surface area contributed by atoms with Crippen LogP contribution in [0.25, 0.3) is 0 Å². The van der Waals surface area contributed by atoms with Crippen LogP contribution in [-0.4, -0.2) is 33.5 Å². The molecule has 2 atom stereocenters. The van der Waals surface area contributed by atoms with Crippen LogP contribution in [0.3, 0.4) is 0 Å². The average molecular weight is 228 g/mol. The maximum Gasteiger partial charge on any atom is 0.303 e. The Balaban J connectivity index is 2.94. The van der Waals surface area contributed by atoms with Crippen LogP contribution >= 0.6 is 0 Å². The highest BCUT2D eigenvalue weighted by molar-refractivity contribution is 5.66. The molecule has 0 fully saturated rings. The van der Waals surface area contributed by atoms with Gasteiger partial charge in [-0.2, -0.15) is 0 Å². The van der Waals surface area contributed by atoms with E-state index in [1.165, 1.54) is 6.92 Å². The molecule has 4 heteroatoms. The van der Waals surface area contributed by atoms with Crippen molar-refractivity contribution in [2.45, 2.75) is 57.8 Å². The molecule has 0 aromatic carbocycles. The first kappa shape index (κ1) is 13.2. The van der Waals surface area contributed by atoms with Gasteiger partial charge in [-0.3, -0.25) is 4.79 Å². The van der Waals surface area contributed by atoms with E-state index >= 15 is 0 Å². The van der Waals surface area contributed by atoms with Gasteiger partial charge in [0.1, 0.15) is 11.7 Å². The van der Waals surface area contributed by atoms with Crippen molar-refractivity contribution in [2.75, 3.05) is 0 Å². The molecule has 0 saturated heterocycles. The Morgan fingerprint density at radius 3 is 2.62 bits per heavy atom. The van der Waals surface area contributed by atoms with Crippen molar-refractivity contribution in [3.63, 3.8) is 0 Å². The number of carbonyl (C=O) groups excluding carboxylic acids is 1. The number of aliphatic hydroxyl groups is 2. The van der Waals surface area contributed by atoms with E-state index in [0.717, 1.165) is 5.57 Å². The molecule has 2 unspecified atom stereocenters. The van der Waals surface area contributed by atoms with Crippen LogP contribution in [-0.2, 0) is 9.53 Å². The van der Waals surface area contributed by atoms with Gasteiger partial charge in [0.05, 0.1) is 5.60 Å². The lowest BCUT2D eigenvalue weighted by atomic mass is 9.79. The number of rotatable bonds is 2. The lowest BCUT2D eigenvalue weighted by Gasteiger charge is -2.37. The van der Waals surface area contributed by atoms with Gasteiger partial charge in [0.2, 0.25) is 0 Å². The first-order chi connectivity index (χ1) is 7.13. The Bertz CT molecular complexity index is 309. The van der Waals surface area contributed by atoms with Gasteiger partial charge >= 0.3 is 5.97 Å². The molecular weight excluding hydrogens is 208 g/mol. The Hall–Kier alpha value is -0.870. The number of esters is 1. The summed E-state index contributed by atoms with van der Waals surface area (Å²) in [6, 6.07) is 0. The Morgan fingerprint density at radius 1 is 1.62 bits per heavy atom. The van der Waals surface area contributed by atoms with Crippen LogP contribution < -0.4 is 0 Å². The molecule has 4 nitrogen and oxygen atoms in total. The molecule has 0 radical (unpaired) electrons. The van der Waals surface area contributed by atoms with Crippen molar-refractivity contribution in [3.8, 4) is 0 Å². The zero-order valence-corrected chi connectivity index (χ0v) is 10.3. The smallest absolute Gasteiger partial charge is 0.303 e. The second-order valence-electron chi connectivity index (χ2n) is 5.14. The fourth-order valence-corrected chi connectivity index (χ4v) is 1.83. The summed E-state index contributed by atoms with van der Waals surface area (Å²) >= 11 is 0. The Labute approximate surface area is 95.9 Å². The largest absolute Gasteiger partial charge is 0.455 e. The predicted molar refractivity (Wildman–Crippen MR) is 59.8 cm³/mol. The molecule has 0 spiro atoms. The summed E-state index contributed by atoms with van der Waals surface area (Å²) in [4.78, 5) is 10.9. The second-order valence-corrected chi connectivity index (χ2v) is 5.14. The van der Waals surface area contributed by atoms with Crippen molar-refractivity contribution in [1.29, 1.82) is 0 Å². The fourth-order valence-electron chi connectivity index (χ4n) is 1.83. The molecule has 1 aliphatic carbocycles. The van der Waals surface area contributed by atoms with E-state index in [4.69, 9.17) is 4.74 Å². The molecule has 0 aromatic heterocycles. The van der Waals surface area contributed by atoms with Crippen molar-refractivity contribution in [2.24, 2.45) is 0 Å². The molecule has 0 aliphatic heterocycles. The average Bonchev–Trinajstić information content (AvgIpc) is 2.05. The SMILES string of the molecule is CC(=O)OC1C=C(C(C)(C)O)CCC1(C)O. The summed E-state index contributed by atoms with van der Waals surface area (Å²) in [5, 5.41) is 19.9. The van der Waals surface area contributed by atoms with E-state index < -0.39 is 23.3 Å². The van der Waals surface area contributed by atoms with Gasteiger partial charge in [-0.15, -0.1) is 0 Å². The molecule has 92 valence electrons. The van der Waals surface area contributed by atoms with Crippen molar-refractivity contribution < 1.29 is 19.7 Å². The van der Waals surface area contributed by atoms with Crippen LogP contribution in [0.15, 0.2) is 11.6 Å². The molecule has 0 aromatic rings. The zero-order chi connectivity index (χ0) is 12.6. The standard InChI is InChI=1S/C12H20O4/c1-8(13)16-10-7-9(11(2,3)14)5-6-12(10,4)15/h7,10,14-15H,5-6H2,1-4H3.